The standard InChI is InChI=1S/C73H75B2N7O/c1-70(2,3)49-34-41-78-66(44-49)82-62-29-14-13-24-53(62)54-33-32-52(47-65(54)82)83-67-46-51(45-61(79-67)68-57(72(7,8)9)25-21-26-58(68)73(10,11)12)80-48-81(64-31-16-15-30-63(64)80)69-55(59-27-22-39-76-37-19-17-35-74-59)42-50(71(4,5)6)43-56(69)60-28-23-40-77-38-20-18-36-75-60/h13-47,76-77H,48H2,1-12H3/b35-17-,36-18-,37-19-,38-20-,39-22-,40-23-,59-27-,60-28-/i13D,14D,24D,29D. The molecule has 3 aliphatic heterocycles. The van der Waals surface area contributed by atoms with Gasteiger partial charge in [-0.2, -0.15) is 0 Å². The Hall–Kier alpha value is -8.75. The smallest absolute Gasteiger partial charge is 0.221 e. The molecule has 8 aromatic rings. The maximum atomic E-state index is 9.32. The highest BCUT2D eigenvalue weighted by atomic mass is 16.5. The molecule has 11 rings (SSSR count). The van der Waals surface area contributed by atoms with Crippen LogP contribution in [0.5, 0.6) is 11.6 Å². The second kappa shape index (κ2) is 22.5. The zero-order valence-corrected chi connectivity index (χ0v) is 49.9. The fourth-order valence-electron chi connectivity index (χ4n) is 11.1. The Morgan fingerprint density at radius 1 is 0.554 bits per heavy atom. The van der Waals surface area contributed by atoms with Gasteiger partial charge in [-0.3, -0.25) is 4.57 Å². The summed E-state index contributed by atoms with van der Waals surface area (Å²) in [6.07, 6.45) is 26.0. The Morgan fingerprint density at radius 3 is 1.77 bits per heavy atom. The number of rotatable bonds is 8. The molecule has 10 heteroatoms. The molecule has 3 aromatic heterocycles. The zero-order chi connectivity index (χ0) is 61.7. The first-order valence-corrected chi connectivity index (χ1v) is 28.7. The summed E-state index contributed by atoms with van der Waals surface area (Å²) >= 11 is 0. The first-order chi connectivity index (χ1) is 41.4. The van der Waals surface area contributed by atoms with Gasteiger partial charge in [0, 0.05) is 59.5 Å². The molecule has 2 radical (unpaired) electrons. The van der Waals surface area contributed by atoms with Crippen LogP contribution < -0.4 is 25.2 Å². The van der Waals surface area contributed by atoms with Crippen molar-refractivity contribution in [2.24, 2.45) is 0 Å². The largest absolute Gasteiger partial charge is 0.439 e. The minimum absolute atomic E-state index is 0.117. The van der Waals surface area contributed by atoms with Gasteiger partial charge in [0.1, 0.15) is 18.2 Å². The predicted octanol–water partition coefficient (Wildman–Crippen LogP) is 17.8. The Bertz CT molecular complexity index is 4180. The van der Waals surface area contributed by atoms with Crippen LogP contribution in [-0.4, -0.2) is 35.8 Å². The number of allylic oxidation sites excluding steroid dienone is 8. The number of anilines is 4. The van der Waals surface area contributed by atoms with E-state index >= 15 is 0 Å². The summed E-state index contributed by atoms with van der Waals surface area (Å²) in [5.74, 6) is 5.56. The fraction of sp³-hybridized carbons (Fsp3) is 0.233. The molecule has 8 nitrogen and oxygen atoms in total. The van der Waals surface area contributed by atoms with Crippen LogP contribution in [0.2, 0.25) is 0 Å². The van der Waals surface area contributed by atoms with E-state index in [2.05, 4.69) is 215 Å². The molecule has 5 aromatic carbocycles. The molecule has 0 fully saturated rings. The molecule has 0 saturated carbocycles. The summed E-state index contributed by atoms with van der Waals surface area (Å²) < 4.78 is 45.2. The molecule has 6 heterocycles. The van der Waals surface area contributed by atoms with Gasteiger partial charge >= 0.3 is 0 Å². The quantitative estimate of drug-likeness (QED) is 0.147. The van der Waals surface area contributed by atoms with Crippen LogP contribution in [0.3, 0.4) is 0 Å². The van der Waals surface area contributed by atoms with Crippen LogP contribution in [0.1, 0.15) is 122 Å². The molecule has 0 bridgehead atoms. The normalized spacial score (nSPS) is 19.1. The molecular formula is C73H75B2N7O. The Labute approximate surface area is 499 Å². The van der Waals surface area contributed by atoms with Gasteiger partial charge in [0.05, 0.1) is 45.0 Å². The predicted molar refractivity (Wildman–Crippen MR) is 354 cm³/mol. The number of para-hydroxylation sites is 3. The number of aromatic nitrogens is 3. The average molecular weight is 1090 g/mol. The molecule has 2 N–H and O–H groups in total. The fourth-order valence-corrected chi connectivity index (χ4v) is 11.1. The van der Waals surface area contributed by atoms with E-state index in [1.54, 1.807) is 6.20 Å². The van der Waals surface area contributed by atoms with Gasteiger partial charge in [0.25, 0.3) is 0 Å². The van der Waals surface area contributed by atoms with Gasteiger partial charge in [-0.05, 0) is 140 Å². The summed E-state index contributed by atoms with van der Waals surface area (Å²) in [4.78, 5) is 15.2. The van der Waals surface area contributed by atoms with E-state index in [-0.39, 0.29) is 45.8 Å². The molecule has 0 spiro atoms. The van der Waals surface area contributed by atoms with Crippen molar-refractivity contribution in [1.82, 2.24) is 25.2 Å². The SMILES string of the molecule is [2H]c1c([2H])c([2H])c2c(c1[2H])c1ccc(Oc3cc(N4CN(c5c(/C6=C/C=C\N/C=C\C=C/[B]6)cc(C(C)(C)C)cc5/C5=C/C=C\N/C=C\C=C/[B]5)c5ccccc54)cc(-c4c(C(C)(C)C)cccc4C(C)(C)C)n3)cc1n2-c1cc(C(C)(C)C)ccn1. The molecule has 0 aliphatic carbocycles. The van der Waals surface area contributed by atoms with Crippen molar-refractivity contribution in [3.8, 4) is 28.7 Å². The first-order valence-electron chi connectivity index (χ1n) is 30.7. The number of ether oxygens (including phenoxy) is 1. The maximum absolute atomic E-state index is 9.32. The van der Waals surface area contributed by atoms with Crippen molar-refractivity contribution in [2.75, 3.05) is 16.5 Å². The molecule has 3 aliphatic rings. The van der Waals surface area contributed by atoms with Crippen LogP contribution >= 0.6 is 0 Å². The lowest BCUT2D eigenvalue weighted by molar-refractivity contribution is 0.464. The van der Waals surface area contributed by atoms with Gasteiger partial charge in [-0.25, -0.2) is 9.97 Å². The summed E-state index contributed by atoms with van der Waals surface area (Å²) in [6, 6.07) is 33.0. The third kappa shape index (κ3) is 11.7. The van der Waals surface area contributed by atoms with Crippen molar-refractivity contribution in [3.63, 3.8) is 0 Å². The lowest BCUT2D eigenvalue weighted by Gasteiger charge is -2.32. The van der Waals surface area contributed by atoms with Gasteiger partial charge in [-0.15, -0.1) is 12.0 Å². The number of fused-ring (bicyclic) bond motifs is 4. The van der Waals surface area contributed by atoms with Crippen molar-refractivity contribution in [1.29, 1.82) is 0 Å². The Kier molecular flexibility index (Phi) is 13.9. The highest BCUT2D eigenvalue weighted by Crippen LogP contribution is 2.51. The zero-order valence-electron chi connectivity index (χ0n) is 53.9. The number of pyridine rings is 2. The monoisotopic (exact) mass is 1090 g/mol. The highest BCUT2D eigenvalue weighted by molar-refractivity contribution is 6.67. The van der Waals surface area contributed by atoms with Gasteiger partial charge in [0.2, 0.25) is 5.88 Å². The van der Waals surface area contributed by atoms with Crippen LogP contribution in [0.4, 0.5) is 22.7 Å². The van der Waals surface area contributed by atoms with E-state index in [0.717, 1.165) is 72.8 Å². The van der Waals surface area contributed by atoms with Gasteiger partial charge in [-0.1, -0.05) is 167 Å². The molecule has 0 atom stereocenters. The lowest BCUT2D eigenvalue weighted by Crippen LogP contribution is -2.27. The van der Waals surface area contributed by atoms with Crippen molar-refractivity contribution in [3.05, 3.63) is 246 Å². The number of benzene rings is 5. The number of nitrogens with zero attached hydrogens (tertiary/aromatic N) is 5. The van der Waals surface area contributed by atoms with E-state index in [1.165, 1.54) is 5.56 Å². The van der Waals surface area contributed by atoms with Crippen LogP contribution in [0.15, 0.2) is 213 Å². The average Bonchev–Trinajstić information content (AvgIpc) is 1.63. The molecule has 83 heavy (non-hydrogen) atoms. The van der Waals surface area contributed by atoms with Crippen molar-refractivity contribution in [2.45, 2.75) is 105 Å². The minimum atomic E-state index is -0.314. The summed E-state index contributed by atoms with van der Waals surface area (Å²) in [7, 11) is 4.39. The van der Waals surface area contributed by atoms with E-state index < -0.39 is 0 Å². The summed E-state index contributed by atoms with van der Waals surface area (Å²) in [6.45, 7) is 27.2. The summed E-state index contributed by atoms with van der Waals surface area (Å²) in [5.41, 5.74) is 14.5. The van der Waals surface area contributed by atoms with E-state index in [1.807, 2.05) is 90.1 Å². The van der Waals surface area contributed by atoms with Gasteiger partial charge in [0.15, 0.2) is 14.6 Å². The van der Waals surface area contributed by atoms with E-state index in [9.17, 15) is 2.74 Å². The van der Waals surface area contributed by atoms with E-state index in [0.29, 0.717) is 45.9 Å². The molecular weight excluding hydrogens is 1010 g/mol. The first kappa shape index (κ1) is 51.2. The topological polar surface area (TPSA) is 70.5 Å². The molecule has 0 unspecified atom stereocenters. The molecule has 0 amide bonds. The second-order valence-corrected chi connectivity index (χ2v) is 25.5. The minimum Gasteiger partial charge on any atom is -0.439 e. The third-order valence-electron chi connectivity index (χ3n) is 15.4. The summed E-state index contributed by atoms with van der Waals surface area (Å²) in [5, 5.41) is 7.61. The molecule has 0 saturated heterocycles. The Balaban J connectivity index is 1.15. The number of nitrogens with one attached hydrogen (secondary N) is 2. The maximum Gasteiger partial charge on any atom is 0.221 e. The lowest BCUT2D eigenvalue weighted by atomic mass is 9.62. The number of hydrogen-bond acceptors (Lipinski definition) is 7. The second-order valence-electron chi connectivity index (χ2n) is 25.5. The third-order valence-corrected chi connectivity index (χ3v) is 15.4. The van der Waals surface area contributed by atoms with Crippen LogP contribution in [0.25, 0.3) is 49.8 Å². The van der Waals surface area contributed by atoms with Crippen LogP contribution in [-0.2, 0) is 21.7 Å². The molecule has 414 valence electrons. The van der Waals surface area contributed by atoms with Gasteiger partial charge < -0.3 is 25.2 Å². The number of hydrogen-bond donors (Lipinski definition) is 2. The van der Waals surface area contributed by atoms with Crippen molar-refractivity contribution < 1.29 is 10.2 Å². The highest BCUT2D eigenvalue weighted by Gasteiger charge is 2.35. The Morgan fingerprint density at radius 2 is 1.16 bits per heavy atom. The van der Waals surface area contributed by atoms with Crippen LogP contribution in [0, 0.1) is 0 Å². The van der Waals surface area contributed by atoms with Crippen molar-refractivity contribution >= 4 is 70.1 Å². The van der Waals surface area contributed by atoms with E-state index in [4.69, 9.17) is 17.4 Å².